The molecule has 104 valence electrons. The fourth-order valence-electron chi connectivity index (χ4n) is 1.86. The van der Waals surface area contributed by atoms with Gasteiger partial charge >= 0.3 is 5.97 Å². The van der Waals surface area contributed by atoms with Gasteiger partial charge in [0.1, 0.15) is 0 Å². The number of hydrogen-bond donors (Lipinski definition) is 1. The Morgan fingerprint density at radius 3 is 2.74 bits per heavy atom. The Kier molecular flexibility index (Phi) is 6.90. The summed E-state index contributed by atoms with van der Waals surface area (Å²) in [6.45, 7) is 4.64. The number of esters is 1. The Bertz CT molecular complexity index is 436. The monoisotopic (exact) mass is 262 g/mol. The largest absolute Gasteiger partial charge is 0.463 e. The predicted octanol–water partition coefficient (Wildman–Crippen LogP) is 2.75. The van der Waals surface area contributed by atoms with Crippen LogP contribution in [0.2, 0.25) is 0 Å². The van der Waals surface area contributed by atoms with Crippen molar-refractivity contribution in [3.8, 4) is 0 Å². The number of benzene rings is 1. The van der Waals surface area contributed by atoms with Gasteiger partial charge in [-0.3, -0.25) is 0 Å². The van der Waals surface area contributed by atoms with Gasteiger partial charge in [-0.2, -0.15) is 0 Å². The second-order valence-electron chi connectivity index (χ2n) is 4.36. The summed E-state index contributed by atoms with van der Waals surface area (Å²) in [5, 5.41) is 9.05. The maximum atomic E-state index is 11.4. The van der Waals surface area contributed by atoms with E-state index in [1.807, 2.05) is 25.1 Å². The summed E-state index contributed by atoms with van der Waals surface area (Å²) in [7, 11) is 0. The van der Waals surface area contributed by atoms with Crippen LogP contribution in [-0.4, -0.2) is 24.3 Å². The van der Waals surface area contributed by atoms with Crippen molar-refractivity contribution in [2.45, 2.75) is 33.1 Å². The molecule has 0 aromatic heterocycles. The number of aliphatic hydroxyl groups is 1. The molecule has 0 radical (unpaired) electrons. The van der Waals surface area contributed by atoms with Gasteiger partial charge in [0, 0.05) is 12.7 Å². The van der Waals surface area contributed by atoms with Crippen molar-refractivity contribution < 1.29 is 14.6 Å². The normalized spacial score (nSPS) is 10.9. The molecule has 0 spiro atoms. The van der Waals surface area contributed by atoms with Crippen LogP contribution in [0.15, 0.2) is 24.3 Å². The van der Waals surface area contributed by atoms with Crippen LogP contribution in [0.4, 0.5) is 0 Å². The number of aliphatic hydroxyl groups excluding tert-OH is 1. The molecule has 0 amide bonds. The molecule has 0 aliphatic heterocycles. The Morgan fingerprint density at radius 2 is 2.11 bits per heavy atom. The fourth-order valence-corrected chi connectivity index (χ4v) is 1.86. The average Bonchev–Trinajstić information content (AvgIpc) is 2.43. The number of ether oxygens (including phenoxy) is 1. The van der Waals surface area contributed by atoms with Crippen LogP contribution in [0, 0.1) is 0 Å². The van der Waals surface area contributed by atoms with E-state index < -0.39 is 0 Å². The first-order valence-electron chi connectivity index (χ1n) is 6.78. The molecule has 3 nitrogen and oxygen atoms in total. The molecule has 0 unspecified atom stereocenters. The highest BCUT2D eigenvalue weighted by Crippen LogP contribution is 2.15. The molecule has 19 heavy (non-hydrogen) atoms. The molecule has 0 saturated carbocycles. The smallest absolute Gasteiger partial charge is 0.330 e. The lowest BCUT2D eigenvalue weighted by atomic mass is 9.99. The Morgan fingerprint density at radius 1 is 1.32 bits per heavy atom. The molecule has 0 aliphatic carbocycles. The highest BCUT2D eigenvalue weighted by molar-refractivity contribution is 5.87. The maximum absolute atomic E-state index is 11.4. The lowest BCUT2D eigenvalue weighted by molar-refractivity contribution is -0.137. The second kappa shape index (κ2) is 8.48. The predicted molar refractivity (Wildman–Crippen MR) is 76.9 cm³/mol. The lowest BCUT2D eigenvalue weighted by Crippen LogP contribution is -2.01. The first kappa shape index (κ1) is 15.4. The minimum absolute atomic E-state index is 0.138. The first-order valence-corrected chi connectivity index (χ1v) is 6.78. The summed E-state index contributed by atoms with van der Waals surface area (Å²) >= 11 is 0. The van der Waals surface area contributed by atoms with E-state index in [9.17, 15) is 4.79 Å². The summed E-state index contributed by atoms with van der Waals surface area (Å²) in [6.07, 6.45) is 5.60. The fraction of sp³-hybridized carbons (Fsp3) is 0.438. The highest BCUT2D eigenvalue weighted by atomic mass is 16.5. The van der Waals surface area contributed by atoms with E-state index in [4.69, 9.17) is 9.84 Å². The molecule has 0 atom stereocenters. The summed E-state index contributed by atoms with van der Waals surface area (Å²) in [6, 6.07) is 6.03. The summed E-state index contributed by atoms with van der Waals surface area (Å²) in [5.41, 5.74) is 3.32. The van der Waals surface area contributed by atoms with Crippen LogP contribution in [0.5, 0.6) is 0 Å². The van der Waals surface area contributed by atoms with Gasteiger partial charge in [-0.05, 0) is 42.0 Å². The van der Waals surface area contributed by atoms with E-state index in [-0.39, 0.29) is 12.6 Å². The van der Waals surface area contributed by atoms with Crippen molar-refractivity contribution in [3.63, 3.8) is 0 Å². The van der Waals surface area contributed by atoms with E-state index in [2.05, 4.69) is 6.92 Å². The third-order valence-electron chi connectivity index (χ3n) is 2.85. The molecule has 0 fully saturated rings. The van der Waals surface area contributed by atoms with E-state index in [1.54, 1.807) is 6.08 Å². The quantitative estimate of drug-likeness (QED) is 0.607. The maximum Gasteiger partial charge on any atom is 0.330 e. The number of carbonyl (C=O) groups is 1. The van der Waals surface area contributed by atoms with Crippen LogP contribution < -0.4 is 0 Å². The number of hydrogen-bond acceptors (Lipinski definition) is 3. The SMILES string of the molecule is CCCOC(=O)C=Cc1ccc(CC)c(CCO)c1. The summed E-state index contributed by atoms with van der Waals surface area (Å²) < 4.78 is 4.97. The molecule has 1 N–H and O–H groups in total. The molecule has 0 saturated heterocycles. The van der Waals surface area contributed by atoms with Crippen molar-refractivity contribution in [3.05, 3.63) is 41.0 Å². The first-order chi connectivity index (χ1) is 9.21. The van der Waals surface area contributed by atoms with Gasteiger partial charge < -0.3 is 9.84 Å². The lowest BCUT2D eigenvalue weighted by Gasteiger charge is -2.07. The van der Waals surface area contributed by atoms with Gasteiger partial charge in [0.15, 0.2) is 0 Å². The van der Waals surface area contributed by atoms with Gasteiger partial charge in [0.25, 0.3) is 0 Å². The van der Waals surface area contributed by atoms with Gasteiger partial charge in [-0.25, -0.2) is 4.79 Å². The van der Waals surface area contributed by atoms with Crippen LogP contribution >= 0.6 is 0 Å². The van der Waals surface area contributed by atoms with Crippen molar-refractivity contribution >= 4 is 12.0 Å². The Labute approximate surface area is 114 Å². The van der Waals surface area contributed by atoms with Crippen molar-refractivity contribution in [2.75, 3.05) is 13.2 Å². The standard InChI is InChI=1S/C16H22O3/c1-3-11-19-16(18)8-6-13-5-7-14(4-2)15(12-13)9-10-17/h5-8,12,17H,3-4,9-11H2,1-2H3. The van der Waals surface area contributed by atoms with Crippen molar-refractivity contribution in [1.29, 1.82) is 0 Å². The summed E-state index contributed by atoms with van der Waals surface area (Å²) in [4.78, 5) is 11.4. The molecule has 0 aliphatic rings. The molecule has 0 heterocycles. The molecule has 0 bridgehead atoms. The van der Waals surface area contributed by atoms with E-state index >= 15 is 0 Å². The third kappa shape index (κ3) is 5.26. The number of carbonyl (C=O) groups excluding carboxylic acids is 1. The van der Waals surface area contributed by atoms with Gasteiger partial charge in [-0.1, -0.05) is 32.0 Å². The Balaban J connectivity index is 2.75. The third-order valence-corrected chi connectivity index (χ3v) is 2.85. The van der Waals surface area contributed by atoms with Crippen molar-refractivity contribution in [1.82, 2.24) is 0 Å². The van der Waals surface area contributed by atoms with E-state index in [0.29, 0.717) is 13.0 Å². The number of aryl methyl sites for hydroxylation is 1. The zero-order chi connectivity index (χ0) is 14.1. The molecule has 1 aromatic carbocycles. The molecular formula is C16H22O3. The van der Waals surface area contributed by atoms with Crippen molar-refractivity contribution in [2.24, 2.45) is 0 Å². The van der Waals surface area contributed by atoms with E-state index in [1.165, 1.54) is 11.6 Å². The number of rotatable bonds is 7. The van der Waals surface area contributed by atoms with Crippen LogP contribution in [0.1, 0.15) is 37.0 Å². The van der Waals surface area contributed by atoms with Gasteiger partial charge in [0.2, 0.25) is 0 Å². The van der Waals surface area contributed by atoms with Gasteiger partial charge in [0.05, 0.1) is 6.61 Å². The minimum atomic E-state index is -0.315. The molecule has 1 rings (SSSR count). The second-order valence-corrected chi connectivity index (χ2v) is 4.36. The zero-order valence-corrected chi connectivity index (χ0v) is 11.7. The highest BCUT2D eigenvalue weighted by Gasteiger charge is 2.02. The molecule has 1 aromatic rings. The minimum Gasteiger partial charge on any atom is -0.463 e. The average molecular weight is 262 g/mol. The zero-order valence-electron chi connectivity index (χ0n) is 11.7. The van der Waals surface area contributed by atoms with Crippen LogP contribution in [-0.2, 0) is 22.4 Å². The summed E-state index contributed by atoms with van der Waals surface area (Å²) in [5.74, 6) is -0.315. The van der Waals surface area contributed by atoms with Crippen LogP contribution in [0.3, 0.4) is 0 Å². The molecule has 3 heteroatoms. The van der Waals surface area contributed by atoms with Gasteiger partial charge in [-0.15, -0.1) is 0 Å². The molecular weight excluding hydrogens is 240 g/mol. The van der Waals surface area contributed by atoms with E-state index in [0.717, 1.165) is 24.0 Å². The topological polar surface area (TPSA) is 46.5 Å². The Hall–Kier alpha value is -1.61. The van der Waals surface area contributed by atoms with Crippen LogP contribution in [0.25, 0.3) is 6.08 Å².